The lowest BCUT2D eigenvalue weighted by molar-refractivity contribution is 0.0696. The van der Waals surface area contributed by atoms with Crippen LogP contribution in [0, 0.1) is 5.82 Å². The molecule has 0 aliphatic rings. The van der Waals surface area contributed by atoms with Crippen LogP contribution in [0.3, 0.4) is 0 Å². The molecule has 0 radical (unpaired) electrons. The molecule has 0 bridgehead atoms. The number of aromatic carboxylic acids is 1. The first-order valence-electron chi connectivity index (χ1n) is 5.81. The van der Waals surface area contributed by atoms with Gasteiger partial charge >= 0.3 is 5.97 Å². The average Bonchev–Trinajstić information content (AvgIpc) is 2.46. The summed E-state index contributed by atoms with van der Waals surface area (Å²) in [7, 11) is -4.16. The van der Waals surface area contributed by atoms with Crippen LogP contribution in [0.1, 0.15) is 15.9 Å². The van der Waals surface area contributed by atoms with Gasteiger partial charge in [0.15, 0.2) is 0 Å². The summed E-state index contributed by atoms with van der Waals surface area (Å²) < 4.78 is 39.9. The van der Waals surface area contributed by atoms with Gasteiger partial charge in [0.1, 0.15) is 10.7 Å². The predicted molar refractivity (Wildman–Crippen MR) is 71.6 cm³/mol. The van der Waals surface area contributed by atoms with Gasteiger partial charge in [-0.15, -0.1) is 0 Å². The lowest BCUT2D eigenvalue weighted by Gasteiger charge is -2.08. The van der Waals surface area contributed by atoms with Crippen LogP contribution in [0.2, 0.25) is 0 Å². The lowest BCUT2D eigenvalue weighted by Crippen LogP contribution is -2.24. The Balaban J connectivity index is 2.27. The number of aromatic nitrogens is 1. The number of halogens is 1. The number of rotatable bonds is 5. The highest BCUT2D eigenvalue weighted by Crippen LogP contribution is 2.17. The van der Waals surface area contributed by atoms with Crippen LogP contribution < -0.4 is 4.72 Å². The third-order valence-electron chi connectivity index (χ3n) is 2.66. The number of nitrogens with zero attached hydrogens (tertiary/aromatic N) is 1. The summed E-state index contributed by atoms with van der Waals surface area (Å²) >= 11 is 0. The maximum atomic E-state index is 13.6. The van der Waals surface area contributed by atoms with E-state index in [-0.39, 0.29) is 12.1 Å². The van der Waals surface area contributed by atoms with Gasteiger partial charge in [-0.1, -0.05) is 6.07 Å². The van der Waals surface area contributed by atoms with Crippen LogP contribution in [0.4, 0.5) is 4.39 Å². The van der Waals surface area contributed by atoms with Gasteiger partial charge in [0.05, 0.1) is 5.56 Å². The molecule has 0 fully saturated rings. The normalized spacial score (nSPS) is 11.3. The van der Waals surface area contributed by atoms with Crippen LogP contribution in [0.15, 0.2) is 47.6 Å². The molecule has 0 atom stereocenters. The number of nitrogens with one attached hydrogen (secondary N) is 1. The number of benzene rings is 1. The number of hydrogen-bond donors (Lipinski definition) is 2. The fraction of sp³-hybridized carbons (Fsp3) is 0.0769. The quantitative estimate of drug-likeness (QED) is 0.870. The molecule has 1 aromatic carbocycles. The van der Waals surface area contributed by atoms with E-state index in [9.17, 15) is 17.6 Å². The number of carboxylic acids is 1. The van der Waals surface area contributed by atoms with Gasteiger partial charge in [0.25, 0.3) is 0 Å². The molecule has 2 N–H and O–H groups in total. The summed E-state index contributed by atoms with van der Waals surface area (Å²) in [5.74, 6) is -2.35. The highest BCUT2D eigenvalue weighted by Gasteiger charge is 2.20. The van der Waals surface area contributed by atoms with Gasteiger partial charge in [-0.25, -0.2) is 22.3 Å². The van der Waals surface area contributed by atoms with Crippen LogP contribution in [-0.2, 0) is 16.6 Å². The van der Waals surface area contributed by atoms with E-state index in [1.165, 1.54) is 12.4 Å². The zero-order valence-electron chi connectivity index (χ0n) is 10.7. The largest absolute Gasteiger partial charge is 0.478 e. The first-order chi connectivity index (χ1) is 9.90. The molecular weight excluding hydrogens is 299 g/mol. The number of carboxylic acid groups (broad SMARTS) is 1. The van der Waals surface area contributed by atoms with E-state index in [1.54, 1.807) is 12.1 Å². The molecule has 0 saturated heterocycles. The Kier molecular flexibility index (Phi) is 4.29. The summed E-state index contributed by atoms with van der Waals surface area (Å²) in [4.78, 5) is 13.9. The molecule has 0 aliphatic heterocycles. The zero-order valence-corrected chi connectivity index (χ0v) is 11.5. The second-order valence-electron chi connectivity index (χ2n) is 4.14. The fourth-order valence-corrected chi connectivity index (χ4v) is 2.72. The fourth-order valence-electron chi connectivity index (χ4n) is 1.60. The minimum absolute atomic E-state index is 0.0765. The van der Waals surface area contributed by atoms with Crippen molar-refractivity contribution in [2.45, 2.75) is 11.4 Å². The van der Waals surface area contributed by atoms with Gasteiger partial charge < -0.3 is 5.11 Å². The standard InChI is InChI=1S/C13H11FN2O4S/c14-11-4-3-10(13(17)18)6-12(11)21(19,20)16-8-9-2-1-5-15-7-9/h1-7,16H,8H2,(H,17,18). The Morgan fingerprint density at radius 3 is 2.71 bits per heavy atom. The van der Waals surface area contributed by atoms with Crippen molar-refractivity contribution in [3.63, 3.8) is 0 Å². The summed E-state index contributed by atoms with van der Waals surface area (Å²) in [5, 5.41) is 8.83. The maximum Gasteiger partial charge on any atom is 0.335 e. The van der Waals surface area contributed by atoms with Crippen molar-refractivity contribution in [1.82, 2.24) is 9.71 Å². The smallest absolute Gasteiger partial charge is 0.335 e. The molecule has 1 heterocycles. The van der Waals surface area contributed by atoms with Gasteiger partial charge in [-0.05, 0) is 29.8 Å². The van der Waals surface area contributed by atoms with Crippen molar-refractivity contribution in [2.24, 2.45) is 0 Å². The maximum absolute atomic E-state index is 13.6. The highest BCUT2D eigenvalue weighted by atomic mass is 32.2. The van der Waals surface area contributed by atoms with Crippen LogP contribution in [-0.4, -0.2) is 24.5 Å². The van der Waals surface area contributed by atoms with Crippen molar-refractivity contribution in [3.8, 4) is 0 Å². The van der Waals surface area contributed by atoms with E-state index in [0.29, 0.717) is 5.56 Å². The van der Waals surface area contributed by atoms with E-state index in [4.69, 9.17) is 5.11 Å². The van der Waals surface area contributed by atoms with Crippen molar-refractivity contribution < 1.29 is 22.7 Å². The number of sulfonamides is 1. The molecule has 2 aromatic rings. The molecule has 0 saturated carbocycles. The first kappa shape index (κ1) is 15.1. The lowest BCUT2D eigenvalue weighted by atomic mass is 10.2. The van der Waals surface area contributed by atoms with E-state index in [2.05, 4.69) is 9.71 Å². The van der Waals surface area contributed by atoms with E-state index in [1.807, 2.05) is 0 Å². The van der Waals surface area contributed by atoms with Gasteiger partial charge in [0.2, 0.25) is 10.0 Å². The number of carbonyl (C=O) groups is 1. The molecule has 1 aromatic heterocycles. The Bertz CT molecular complexity index is 763. The van der Waals surface area contributed by atoms with Gasteiger partial charge in [0, 0.05) is 18.9 Å². The number of hydrogen-bond acceptors (Lipinski definition) is 4. The Morgan fingerprint density at radius 1 is 1.33 bits per heavy atom. The summed E-state index contributed by atoms with van der Waals surface area (Å²) in [5.41, 5.74) is 0.286. The SMILES string of the molecule is O=C(O)c1ccc(F)c(S(=O)(=O)NCc2cccnc2)c1. The summed E-state index contributed by atoms with van der Waals surface area (Å²) in [6, 6.07) is 5.87. The average molecular weight is 310 g/mol. The van der Waals surface area contributed by atoms with Crippen molar-refractivity contribution in [2.75, 3.05) is 0 Å². The molecule has 110 valence electrons. The first-order valence-corrected chi connectivity index (χ1v) is 7.30. The second kappa shape index (κ2) is 5.98. The Morgan fingerprint density at radius 2 is 2.10 bits per heavy atom. The van der Waals surface area contributed by atoms with Gasteiger partial charge in [-0.3, -0.25) is 4.98 Å². The highest BCUT2D eigenvalue weighted by molar-refractivity contribution is 7.89. The number of pyridine rings is 1. The van der Waals surface area contributed by atoms with Crippen molar-refractivity contribution >= 4 is 16.0 Å². The molecule has 0 aliphatic carbocycles. The van der Waals surface area contributed by atoms with Gasteiger partial charge in [-0.2, -0.15) is 0 Å². The molecule has 2 rings (SSSR count). The molecular formula is C13H11FN2O4S. The van der Waals surface area contributed by atoms with Crippen LogP contribution in [0.5, 0.6) is 0 Å². The van der Waals surface area contributed by atoms with Crippen molar-refractivity contribution in [1.29, 1.82) is 0 Å². The summed E-state index contributed by atoms with van der Waals surface area (Å²) in [6.45, 7) is -0.0765. The van der Waals surface area contributed by atoms with E-state index in [0.717, 1.165) is 18.2 Å². The zero-order chi connectivity index (χ0) is 15.5. The molecule has 21 heavy (non-hydrogen) atoms. The van der Waals surface area contributed by atoms with Crippen LogP contribution in [0.25, 0.3) is 0 Å². The van der Waals surface area contributed by atoms with Crippen molar-refractivity contribution in [3.05, 3.63) is 59.7 Å². The molecule has 0 spiro atoms. The monoisotopic (exact) mass is 310 g/mol. The predicted octanol–water partition coefficient (Wildman–Crippen LogP) is 1.40. The van der Waals surface area contributed by atoms with Crippen LogP contribution >= 0.6 is 0 Å². The molecule has 6 nitrogen and oxygen atoms in total. The topological polar surface area (TPSA) is 96.4 Å². The summed E-state index contributed by atoms with van der Waals surface area (Å²) in [6.07, 6.45) is 3.00. The Hall–Kier alpha value is -2.32. The minimum atomic E-state index is -4.16. The molecule has 8 heteroatoms. The second-order valence-corrected chi connectivity index (χ2v) is 5.87. The Labute approximate surface area is 120 Å². The minimum Gasteiger partial charge on any atom is -0.478 e. The third-order valence-corrected chi connectivity index (χ3v) is 4.07. The van der Waals surface area contributed by atoms with E-state index < -0.39 is 26.7 Å². The third kappa shape index (κ3) is 3.61. The molecule has 0 amide bonds. The van der Waals surface area contributed by atoms with E-state index >= 15 is 0 Å². The molecule has 0 unspecified atom stereocenters.